The van der Waals surface area contributed by atoms with Crippen molar-refractivity contribution in [3.05, 3.63) is 50.4 Å². The summed E-state index contributed by atoms with van der Waals surface area (Å²) in [6.07, 6.45) is 0. The van der Waals surface area contributed by atoms with Crippen LogP contribution >= 0.6 is 11.3 Å². The number of H-pyrrole nitrogens is 1. The fraction of sp³-hybridized carbons (Fsp3) is 0.182. The Bertz CT molecular complexity index is 542. The lowest BCUT2D eigenvalue weighted by Crippen LogP contribution is -2.21. The van der Waals surface area contributed by atoms with Crippen molar-refractivity contribution in [3.8, 4) is 5.88 Å². The van der Waals surface area contributed by atoms with Crippen molar-refractivity contribution in [1.29, 1.82) is 0 Å². The lowest BCUT2D eigenvalue weighted by Gasteiger charge is -2.21. The van der Waals surface area contributed by atoms with Gasteiger partial charge in [0.2, 0.25) is 5.88 Å². The van der Waals surface area contributed by atoms with Crippen LogP contribution in [0.4, 0.5) is 0 Å². The van der Waals surface area contributed by atoms with Crippen molar-refractivity contribution in [1.82, 2.24) is 4.98 Å². The van der Waals surface area contributed by atoms with E-state index in [1.54, 1.807) is 31.2 Å². The zero-order valence-corrected chi connectivity index (χ0v) is 9.41. The molecule has 0 aliphatic heterocycles. The van der Waals surface area contributed by atoms with Crippen LogP contribution in [0.15, 0.2) is 35.1 Å². The van der Waals surface area contributed by atoms with Gasteiger partial charge in [-0.2, -0.15) is 0 Å². The monoisotopic (exact) mass is 237 g/mol. The molecular weight excluding hydrogens is 226 g/mol. The van der Waals surface area contributed by atoms with E-state index in [0.29, 0.717) is 5.56 Å². The highest BCUT2D eigenvalue weighted by atomic mass is 32.1. The Morgan fingerprint density at radius 2 is 1.94 bits per heavy atom. The number of benzene rings is 1. The van der Waals surface area contributed by atoms with Crippen LogP contribution in [0.2, 0.25) is 0 Å². The Kier molecular flexibility index (Phi) is 2.57. The first kappa shape index (κ1) is 10.9. The number of thiazole rings is 1. The van der Waals surface area contributed by atoms with Gasteiger partial charge in [0.25, 0.3) is 0 Å². The molecule has 5 heteroatoms. The van der Waals surface area contributed by atoms with Crippen LogP contribution in [0, 0.1) is 0 Å². The molecule has 1 aromatic heterocycles. The fourth-order valence-corrected chi connectivity index (χ4v) is 2.34. The van der Waals surface area contributed by atoms with E-state index in [0.717, 1.165) is 11.3 Å². The predicted molar refractivity (Wildman–Crippen MR) is 61.7 cm³/mol. The maximum absolute atomic E-state index is 11.1. The third kappa shape index (κ3) is 1.75. The lowest BCUT2D eigenvalue weighted by atomic mass is 9.95. The van der Waals surface area contributed by atoms with Gasteiger partial charge >= 0.3 is 4.87 Å². The molecule has 2 rings (SSSR count). The zero-order chi connectivity index (χ0) is 11.8. The molecule has 3 N–H and O–H groups in total. The largest absolute Gasteiger partial charge is 0.494 e. The molecule has 0 amide bonds. The normalized spacial score (nSPS) is 14.6. The highest BCUT2D eigenvalue weighted by Crippen LogP contribution is 2.35. The summed E-state index contributed by atoms with van der Waals surface area (Å²) in [5.41, 5.74) is -0.740. The molecule has 0 aliphatic rings. The van der Waals surface area contributed by atoms with E-state index < -0.39 is 5.60 Å². The van der Waals surface area contributed by atoms with Crippen LogP contribution in [0.1, 0.15) is 17.4 Å². The first-order chi connectivity index (χ1) is 7.51. The number of aromatic nitrogens is 1. The van der Waals surface area contributed by atoms with Gasteiger partial charge < -0.3 is 10.2 Å². The van der Waals surface area contributed by atoms with Crippen LogP contribution in [0.5, 0.6) is 5.88 Å². The van der Waals surface area contributed by atoms with Gasteiger partial charge in [0, 0.05) is 0 Å². The maximum atomic E-state index is 11.1. The summed E-state index contributed by atoms with van der Waals surface area (Å²) in [6.45, 7) is 1.54. The molecular formula is C11H11NO3S. The topological polar surface area (TPSA) is 73.3 Å². The van der Waals surface area contributed by atoms with Crippen LogP contribution in [-0.2, 0) is 5.60 Å². The van der Waals surface area contributed by atoms with E-state index in [4.69, 9.17) is 0 Å². The van der Waals surface area contributed by atoms with Crippen molar-refractivity contribution in [2.75, 3.05) is 0 Å². The summed E-state index contributed by atoms with van der Waals surface area (Å²) in [6, 6.07) is 8.89. The number of aromatic hydroxyl groups is 1. The summed E-state index contributed by atoms with van der Waals surface area (Å²) >= 11 is 0.805. The third-order valence-electron chi connectivity index (χ3n) is 2.41. The Labute approximate surface area is 95.8 Å². The summed E-state index contributed by atoms with van der Waals surface area (Å²) in [4.78, 5) is 13.2. The first-order valence-electron chi connectivity index (χ1n) is 4.72. The molecule has 2 aromatic rings. The van der Waals surface area contributed by atoms with Gasteiger partial charge in [-0.3, -0.25) is 9.78 Å². The van der Waals surface area contributed by atoms with Gasteiger partial charge in [0.05, 0.1) is 0 Å². The van der Waals surface area contributed by atoms with E-state index in [9.17, 15) is 15.0 Å². The Morgan fingerprint density at radius 3 is 2.44 bits per heavy atom. The van der Waals surface area contributed by atoms with Gasteiger partial charge in [0.15, 0.2) is 0 Å². The molecule has 1 aromatic carbocycles. The quantitative estimate of drug-likeness (QED) is 0.739. The number of nitrogens with one attached hydrogen (secondary N) is 1. The van der Waals surface area contributed by atoms with Gasteiger partial charge in [-0.05, 0) is 12.5 Å². The SMILES string of the molecule is CC(O)(c1ccccc1)c1sc(=O)[nH]c1O. The summed E-state index contributed by atoms with van der Waals surface area (Å²) < 4.78 is 0. The molecule has 1 heterocycles. The summed E-state index contributed by atoms with van der Waals surface area (Å²) in [7, 11) is 0. The van der Waals surface area contributed by atoms with Gasteiger partial charge in [-0.25, -0.2) is 0 Å². The van der Waals surface area contributed by atoms with E-state index in [2.05, 4.69) is 4.98 Å². The Hall–Kier alpha value is -1.59. The van der Waals surface area contributed by atoms with Gasteiger partial charge in [0.1, 0.15) is 10.5 Å². The highest BCUT2D eigenvalue weighted by molar-refractivity contribution is 7.09. The number of hydrogen-bond acceptors (Lipinski definition) is 4. The second-order valence-corrected chi connectivity index (χ2v) is 4.61. The molecule has 1 atom stereocenters. The molecule has 0 fully saturated rings. The van der Waals surface area contributed by atoms with E-state index >= 15 is 0 Å². The van der Waals surface area contributed by atoms with Crippen molar-refractivity contribution in [3.63, 3.8) is 0 Å². The molecule has 0 aliphatic carbocycles. The standard InChI is InChI=1S/C11H11NO3S/c1-11(15,7-5-3-2-4-6-7)8-9(13)12-10(14)16-8/h2-6,13,15H,1H3,(H,12,14). The first-order valence-corrected chi connectivity index (χ1v) is 5.54. The average molecular weight is 237 g/mol. The Balaban J connectivity index is 2.55. The highest BCUT2D eigenvalue weighted by Gasteiger charge is 2.31. The minimum atomic E-state index is -1.37. The molecule has 1 unspecified atom stereocenters. The number of aromatic amines is 1. The summed E-state index contributed by atoms with van der Waals surface area (Å²) in [5.74, 6) is -0.274. The zero-order valence-electron chi connectivity index (χ0n) is 8.60. The van der Waals surface area contributed by atoms with E-state index in [1.165, 1.54) is 0 Å². The van der Waals surface area contributed by atoms with E-state index in [-0.39, 0.29) is 15.6 Å². The minimum absolute atomic E-state index is 0.226. The van der Waals surface area contributed by atoms with Crippen LogP contribution in [0.3, 0.4) is 0 Å². The van der Waals surface area contributed by atoms with Crippen molar-refractivity contribution >= 4 is 11.3 Å². The van der Waals surface area contributed by atoms with Gasteiger partial charge in [-0.15, -0.1) is 0 Å². The van der Waals surface area contributed by atoms with Crippen molar-refractivity contribution in [2.24, 2.45) is 0 Å². The smallest absolute Gasteiger partial charge is 0.307 e. The van der Waals surface area contributed by atoms with Crippen LogP contribution in [0.25, 0.3) is 0 Å². The van der Waals surface area contributed by atoms with E-state index in [1.807, 2.05) is 6.07 Å². The Morgan fingerprint density at radius 1 is 1.31 bits per heavy atom. The number of rotatable bonds is 2. The molecule has 0 spiro atoms. The van der Waals surface area contributed by atoms with Gasteiger partial charge in [-0.1, -0.05) is 41.7 Å². The average Bonchev–Trinajstić information content (AvgIpc) is 2.60. The molecule has 0 radical (unpaired) electrons. The fourth-order valence-electron chi connectivity index (χ4n) is 1.54. The molecule has 0 bridgehead atoms. The molecule has 0 saturated heterocycles. The molecule has 4 nitrogen and oxygen atoms in total. The lowest BCUT2D eigenvalue weighted by molar-refractivity contribution is 0.103. The second kappa shape index (κ2) is 3.77. The van der Waals surface area contributed by atoms with Crippen LogP contribution in [-0.4, -0.2) is 15.2 Å². The number of hydrogen-bond donors (Lipinski definition) is 3. The molecule has 84 valence electrons. The van der Waals surface area contributed by atoms with Crippen molar-refractivity contribution < 1.29 is 10.2 Å². The van der Waals surface area contributed by atoms with Crippen molar-refractivity contribution in [2.45, 2.75) is 12.5 Å². The minimum Gasteiger partial charge on any atom is -0.494 e. The molecule has 0 saturated carbocycles. The van der Waals surface area contributed by atoms with Crippen LogP contribution < -0.4 is 4.87 Å². The summed E-state index contributed by atoms with van der Waals surface area (Å²) in [5, 5.41) is 19.9. The predicted octanol–water partition coefficient (Wildman–Crippen LogP) is 1.40. The number of aliphatic hydroxyl groups is 1. The second-order valence-electron chi connectivity index (χ2n) is 3.63. The third-order valence-corrected chi connectivity index (χ3v) is 3.49. The molecule has 16 heavy (non-hydrogen) atoms. The maximum Gasteiger partial charge on any atom is 0.307 e.